The van der Waals surface area contributed by atoms with Crippen LogP contribution < -0.4 is 4.72 Å². The summed E-state index contributed by atoms with van der Waals surface area (Å²) >= 11 is 1.72. The van der Waals surface area contributed by atoms with Gasteiger partial charge in [0.2, 0.25) is 0 Å². The summed E-state index contributed by atoms with van der Waals surface area (Å²) in [5.41, 5.74) is 1.79. The number of aryl methyl sites for hydroxylation is 2. The fraction of sp³-hybridized carbons (Fsp3) is 0.125. The third-order valence-electron chi connectivity index (χ3n) is 3.48. The van der Waals surface area contributed by atoms with Crippen LogP contribution in [0.1, 0.15) is 10.4 Å². The van der Waals surface area contributed by atoms with Crippen molar-refractivity contribution in [2.45, 2.75) is 18.7 Å². The number of rotatable bonds is 3. The third-order valence-corrected chi connectivity index (χ3v) is 6.07. The molecule has 0 aliphatic heterocycles. The first-order chi connectivity index (χ1) is 9.97. The Morgan fingerprint density at radius 1 is 1.00 bits per heavy atom. The molecule has 0 saturated heterocycles. The molecule has 3 aromatic rings. The predicted molar refractivity (Wildman–Crippen MR) is 88.5 cm³/mol. The second-order valence-electron chi connectivity index (χ2n) is 4.91. The van der Waals surface area contributed by atoms with Gasteiger partial charge in [-0.25, -0.2) is 8.42 Å². The SMILES string of the molecule is Cc1sc2ccc(NS(=O)(=O)c3ccccc3)cc2c1C. The molecule has 5 heteroatoms. The van der Waals surface area contributed by atoms with Gasteiger partial charge in [-0.15, -0.1) is 11.3 Å². The molecule has 0 unspecified atom stereocenters. The Bertz CT molecular complexity index is 897. The van der Waals surface area contributed by atoms with Crippen LogP contribution >= 0.6 is 11.3 Å². The Morgan fingerprint density at radius 3 is 2.43 bits per heavy atom. The van der Waals surface area contributed by atoms with Crippen molar-refractivity contribution in [2.24, 2.45) is 0 Å². The minimum atomic E-state index is -3.53. The second-order valence-corrected chi connectivity index (χ2v) is 7.85. The molecule has 0 spiro atoms. The number of benzene rings is 2. The van der Waals surface area contributed by atoms with Crippen LogP contribution in [-0.4, -0.2) is 8.42 Å². The molecule has 0 saturated carbocycles. The van der Waals surface area contributed by atoms with E-state index in [2.05, 4.69) is 18.6 Å². The number of anilines is 1. The average Bonchev–Trinajstić information content (AvgIpc) is 2.75. The average molecular weight is 317 g/mol. The summed E-state index contributed by atoms with van der Waals surface area (Å²) in [5.74, 6) is 0. The standard InChI is InChI=1S/C16H15NO2S2/c1-11-12(2)20-16-9-8-13(10-15(11)16)17-21(18,19)14-6-4-3-5-7-14/h3-10,17H,1-2H3. The summed E-state index contributed by atoms with van der Waals surface area (Å²) in [6, 6.07) is 14.0. The van der Waals surface area contributed by atoms with Gasteiger partial charge in [0.25, 0.3) is 10.0 Å². The molecule has 1 N–H and O–H groups in total. The molecule has 0 radical (unpaired) electrons. The van der Waals surface area contributed by atoms with Crippen LogP contribution in [0.4, 0.5) is 5.69 Å². The Labute approximate surface area is 128 Å². The highest BCUT2D eigenvalue weighted by Gasteiger charge is 2.14. The maximum Gasteiger partial charge on any atom is 0.261 e. The number of hydrogen-bond donors (Lipinski definition) is 1. The van der Waals surface area contributed by atoms with Crippen LogP contribution in [0.25, 0.3) is 10.1 Å². The lowest BCUT2D eigenvalue weighted by atomic mass is 10.1. The summed E-state index contributed by atoms with van der Waals surface area (Å²) < 4.78 is 28.5. The van der Waals surface area contributed by atoms with Gasteiger partial charge in [-0.05, 0) is 55.1 Å². The van der Waals surface area contributed by atoms with Crippen molar-refractivity contribution in [1.82, 2.24) is 0 Å². The van der Waals surface area contributed by atoms with Gasteiger partial charge in [0, 0.05) is 15.3 Å². The van der Waals surface area contributed by atoms with Gasteiger partial charge in [-0.1, -0.05) is 18.2 Å². The molecule has 0 fully saturated rings. The molecule has 1 aromatic heterocycles. The zero-order chi connectivity index (χ0) is 15.0. The fourth-order valence-corrected chi connectivity index (χ4v) is 4.34. The fourth-order valence-electron chi connectivity index (χ4n) is 2.22. The molecule has 0 atom stereocenters. The van der Waals surface area contributed by atoms with Crippen LogP contribution in [0.5, 0.6) is 0 Å². The van der Waals surface area contributed by atoms with Crippen LogP contribution in [-0.2, 0) is 10.0 Å². The van der Waals surface area contributed by atoms with E-state index in [4.69, 9.17) is 0 Å². The maximum atomic E-state index is 12.3. The second kappa shape index (κ2) is 5.16. The van der Waals surface area contributed by atoms with Gasteiger partial charge in [-0.2, -0.15) is 0 Å². The van der Waals surface area contributed by atoms with Gasteiger partial charge < -0.3 is 0 Å². The first kappa shape index (κ1) is 14.1. The van der Waals surface area contributed by atoms with Crippen molar-refractivity contribution in [3.8, 4) is 0 Å². The Balaban J connectivity index is 2.00. The maximum absolute atomic E-state index is 12.3. The highest BCUT2D eigenvalue weighted by molar-refractivity contribution is 7.92. The first-order valence-corrected chi connectivity index (χ1v) is 8.85. The molecule has 2 aromatic carbocycles. The number of sulfonamides is 1. The van der Waals surface area contributed by atoms with Crippen LogP contribution in [0.15, 0.2) is 53.4 Å². The van der Waals surface area contributed by atoms with Gasteiger partial charge in [0.05, 0.1) is 4.90 Å². The van der Waals surface area contributed by atoms with Gasteiger partial charge in [0.15, 0.2) is 0 Å². The molecule has 0 amide bonds. The largest absolute Gasteiger partial charge is 0.280 e. The highest BCUT2D eigenvalue weighted by Crippen LogP contribution is 2.32. The van der Waals surface area contributed by atoms with E-state index in [0.29, 0.717) is 5.69 Å². The first-order valence-electron chi connectivity index (χ1n) is 6.55. The van der Waals surface area contributed by atoms with E-state index in [1.165, 1.54) is 15.1 Å². The molecule has 3 rings (SSSR count). The summed E-state index contributed by atoms with van der Waals surface area (Å²) in [7, 11) is -3.53. The molecule has 0 aliphatic carbocycles. The lowest BCUT2D eigenvalue weighted by Gasteiger charge is -2.08. The van der Waals surface area contributed by atoms with Crippen molar-refractivity contribution in [3.63, 3.8) is 0 Å². The summed E-state index contributed by atoms with van der Waals surface area (Å²) in [5, 5.41) is 1.10. The highest BCUT2D eigenvalue weighted by atomic mass is 32.2. The molecule has 1 heterocycles. The minimum absolute atomic E-state index is 0.267. The van der Waals surface area contributed by atoms with Crippen LogP contribution in [0, 0.1) is 13.8 Å². The Hall–Kier alpha value is -1.85. The van der Waals surface area contributed by atoms with E-state index in [1.54, 1.807) is 47.7 Å². The van der Waals surface area contributed by atoms with E-state index >= 15 is 0 Å². The van der Waals surface area contributed by atoms with Gasteiger partial charge in [0.1, 0.15) is 0 Å². The van der Waals surface area contributed by atoms with Crippen molar-refractivity contribution in [3.05, 3.63) is 59.0 Å². The molecular formula is C16H15NO2S2. The topological polar surface area (TPSA) is 46.2 Å². The third kappa shape index (κ3) is 2.66. The number of thiophene rings is 1. The molecule has 3 nitrogen and oxygen atoms in total. The zero-order valence-corrected chi connectivity index (χ0v) is 13.4. The summed E-state index contributed by atoms with van der Waals surface area (Å²) in [6.07, 6.45) is 0. The molecular weight excluding hydrogens is 302 g/mol. The molecule has 108 valence electrons. The van der Waals surface area contributed by atoms with Crippen molar-refractivity contribution in [2.75, 3.05) is 4.72 Å². The lowest BCUT2D eigenvalue weighted by molar-refractivity contribution is 0.601. The van der Waals surface area contributed by atoms with E-state index in [0.717, 1.165) is 5.39 Å². The minimum Gasteiger partial charge on any atom is -0.280 e. The lowest BCUT2D eigenvalue weighted by Crippen LogP contribution is -2.12. The van der Waals surface area contributed by atoms with E-state index in [9.17, 15) is 8.42 Å². The van der Waals surface area contributed by atoms with Crippen LogP contribution in [0.3, 0.4) is 0 Å². The number of hydrogen-bond acceptors (Lipinski definition) is 3. The number of fused-ring (bicyclic) bond motifs is 1. The normalized spacial score (nSPS) is 11.7. The summed E-state index contributed by atoms with van der Waals surface area (Å²) in [6.45, 7) is 4.14. The Morgan fingerprint density at radius 2 is 1.71 bits per heavy atom. The summed E-state index contributed by atoms with van der Waals surface area (Å²) in [4.78, 5) is 1.52. The predicted octanol–water partition coefficient (Wildman–Crippen LogP) is 4.32. The molecule has 21 heavy (non-hydrogen) atoms. The van der Waals surface area contributed by atoms with Crippen LogP contribution in [0.2, 0.25) is 0 Å². The molecule has 0 aliphatic rings. The number of nitrogens with one attached hydrogen (secondary N) is 1. The monoisotopic (exact) mass is 317 g/mol. The Kier molecular flexibility index (Phi) is 3.47. The smallest absolute Gasteiger partial charge is 0.261 e. The van der Waals surface area contributed by atoms with Crippen molar-refractivity contribution < 1.29 is 8.42 Å². The molecule has 0 bridgehead atoms. The van der Waals surface area contributed by atoms with E-state index < -0.39 is 10.0 Å². The van der Waals surface area contributed by atoms with Gasteiger partial charge >= 0.3 is 0 Å². The van der Waals surface area contributed by atoms with Gasteiger partial charge in [-0.3, -0.25) is 4.72 Å². The van der Waals surface area contributed by atoms with E-state index in [1.807, 2.05) is 12.1 Å². The quantitative estimate of drug-likeness (QED) is 0.782. The van der Waals surface area contributed by atoms with Crippen molar-refractivity contribution >= 4 is 37.1 Å². The zero-order valence-electron chi connectivity index (χ0n) is 11.8. The van der Waals surface area contributed by atoms with Crippen molar-refractivity contribution in [1.29, 1.82) is 0 Å². The van der Waals surface area contributed by atoms with E-state index in [-0.39, 0.29) is 4.90 Å².